The fraction of sp³-hybridized carbons (Fsp3) is 0.267. The number of carbonyl (C=O) groups excluding carboxylic acids is 1. The van der Waals surface area contributed by atoms with Gasteiger partial charge in [-0.3, -0.25) is 4.79 Å². The van der Waals surface area contributed by atoms with Gasteiger partial charge in [-0.25, -0.2) is 9.78 Å². The van der Waals surface area contributed by atoms with E-state index in [4.69, 9.17) is 31.9 Å². The highest BCUT2D eigenvalue weighted by atomic mass is 35.5. The molecule has 4 rings (SSSR count). The van der Waals surface area contributed by atoms with Crippen molar-refractivity contribution in [2.45, 2.75) is 53.2 Å². The van der Waals surface area contributed by atoms with Crippen LogP contribution in [-0.2, 0) is 4.74 Å². The van der Waals surface area contributed by atoms with Gasteiger partial charge in [0.2, 0.25) is 0 Å². The molecule has 1 atom stereocenters. The highest BCUT2D eigenvalue weighted by molar-refractivity contribution is 6.29. The summed E-state index contributed by atoms with van der Waals surface area (Å²) < 4.78 is 12.0. The van der Waals surface area contributed by atoms with Gasteiger partial charge in [0.1, 0.15) is 22.1 Å². The number of pyridine rings is 1. The average molecular weight is 547 g/mol. The molecule has 0 amide bonds. The molecule has 202 valence electrons. The zero-order valence-corrected chi connectivity index (χ0v) is 23.5. The van der Waals surface area contributed by atoms with Crippen molar-refractivity contribution < 1.29 is 13.9 Å². The number of carbonyl (C=O) groups is 1. The molecule has 0 aliphatic heterocycles. The number of benzene rings is 2. The SMILES string of the molecule is Cc1cc(C(C)Nc2ccc(Cl)nc2C(=O)OC(C)(C)C)c2oc(-c3ccc(N)c(C=N)c3)c(C)c(=O)c2c1. The second-order valence-corrected chi connectivity index (χ2v) is 10.9. The summed E-state index contributed by atoms with van der Waals surface area (Å²) in [5, 5.41) is 11.6. The van der Waals surface area contributed by atoms with E-state index in [2.05, 4.69) is 10.3 Å². The molecule has 0 radical (unpaired) electrons. The number of rotatable bonds is 6. The van der Waals surface area contributed by atoms with E-state index < -0.39 is 17.6 Å². The third-order valence-corrected chi connectivity index (χ3v) is 6.40. The Kier molecular flexibility index (Phi) is 7.52. The molecule has 0 fully saturated rings. The van der Waals surface area contributed by atoms with Crippen LogP contribution in [0.5, 0.6) is 0 Å². The third kappa shape index (κ3) is 5.81. The van der Waals surface area contributed by atoms with Gasteiger partial charge in [0, 0.05) is 34.2 Å². The summed E-state index contributed by atoms with van der Waals surface area (Å²) >= 11 is 6.11. The van der Waals surface area contributed by atoms with Crippen LogP contribution in [0.1, 0.15) is 66.5 Å². The Balaban J connectivity index is 1.85. The summed E-state index contributed by atoms with van der Waals surface area (Å²) in [5.74, 6) is -0.209. The summed E-state index contributed by atoms with van der Waals surface area (Å²) in [6.45, 7) is 10.9. The third-order valence-electron chi connectivity index (χ3n) is 6.19. The fourth-order valence-electron chi connectivity index (χ4n) is 4.35. The maximum Gasteiger partial charge on any atom is 0.359 e. The lowest BCUT2D eigenvalue weighted by Crippen LogP contribution is -2.25. The molecule has 0 aliphatic carbocycles. The van der Waals surface area contributed by atoms with Crippen molar-refractivity contribution >= 4 is 46.1 Å². The number of aryl methyl sites for hydroxylation is 1. The summed E-state index contributed by atoms with van der Waals surface area (Å²) in [6, 6.07) is 11.8. The van der Waals surface area contributed by atoms with Crippen molar-refractivity contribution in [2.75, 3.05) is 11.1 Å². The van der Waals surface area contributed by atoms with Crippen molar-refractivity contribution in [3.05, 3.63) is 85.8 Å². The number of ether oxygens (including phenoxy) is 1. The molecule has 0 bridgehead atoms. The maximum absolute atomic E-state index is 13.5. The van der Waals surface area contributed by atoms with Gasteiger partial charge < -0.3 is 25.6 Å². The predicted molar refractivity (Wildman–Crippen MR) is 156 cm³/mol. The number of anilines is 2. The monoisotopic (exact) mass is 546 g/mol. The van der Waals surface area contributed by atoms with Gasteiger partial charge in [-0.05, 0) is 83.5 Å². The largest absolute Gasteiger partial charge is 0.455 e. The van der Waals surface area contributed by atoms with Crippen LogP contribution in [-0.4, -0.2) is 22.8 Å². The van der Waals surface area contributed by atoms with E-state index >= 15 is 0 Å². The molecule has 0 aliphatic rings. The molecular weight excluding hydrogens is 516 g/mol. The highest BCUT2D eigenvalue weighted by Crippen LogP contribution is 2.33. The lowest BCUT2D eigenvalue weighted by molar-refractivity contribution is 0.00640. The molecule has 2 aromatic heterocycles. The standard InChI is InChI=1S/C30H31ClN4O4/c1-15-11-20(17(3)34-23-9-10-24(31)35-25(23)29(37)39-30(4,5)6)28-21(12-15)26(36)16(2)27(38-28)18-7-8-22(33)19(13-18)14-32/h7-14,17,32,34H,33H2,1-6H3. The van der Waals surface area contributed by atoms with E-state index in [-0.39, 0.29) is 16.3 Å². The van der Waals surface area contributed by atoms with Crippen molar-refractivity contribution in [1.82, 2.24) is 4.98 Å². The van der Waals surface area contributed by atoms with Crippen LogP contribution in [0.3, 0.4) is 0 Å². The van der Waals surface area contributed by atoms with Crippen LogP contribution in [0.25, 0.3) is 22.3 Å². The van der Waals surface area contributed by atoms with Crippen LogP contribution in [0.2, 0.25) is 5.15 Å². The molecule has 4 N–H and O–H groups in total. The van der Waals surface area contributed by atoms with E-state index in [0.717, 1.165) is 17.3 Å². The first-order chi connectivity index (χ1) is 18.3. The Morgan fingerprint density at radius 3 is 2.56 bits per heavy atom. The molecule has 4 aromatic rings. The van der Waals surface area contributed by atoms with Crippen LogP contribution in [0.4, 0.5) is 11.4 Å². The van der Waals surface area contributed by atoms with Gasteiger partial charge in [-0.2, -0.15) is 0 Å². The summed E-state index contributed by atoms with van der Waals surface area (Å²) in [6.07, 6.45) is 1.16. The van der Waals surface area contributed by atoms with E-state index in [1.165, 1.54) is 0 Å². The van der Waals surface area contributed by atoms with Gasteiger partial charge in [-0.15, -0.1) is 0 Å². The molecule has 2 aromatic carbocycles. The Hall–Kier alpha value is -4.17. The zero-order chi connectivity index (χ0) is 28.6. The Bertz CT molecular complexity index is 1670. The first-order valence-electron chi connectivity index (χ1n) is 12.4. The molecule has 0 saturated heterocycles. The Morgan fingerprint density at radius 2 is 1.90 bits per heavy atom. The molecular formula is C30H31ClN4O4. The van der Waals surface area contributed by atoms with Crippen molar-refractivity contribution in [1.29, 1.82) is 5.41 Å². The minimum Gasteiger partial charge on any atom is -0.455 e. The van der Waals surface area contributed by atoms with Crippen LogP contribution in [0, 0.1) is 19.3 Å². The number of fused-ring (bicyclic) bond motifs is 1. The van der Waals surface area contributed by atoms with E-state index in [9.17, 15) is 9.59 Å². The first-order valence-corrected chi connectivity index (χ1v) is 12.8. The number of nitrogens with two attached hydrogens (primary N) is 1. The van der Waals surface area contributed by atoms with E-state index in [1.54, 1.807) is 64.1 Å². The maximum atomic E-state index is 13.5. The molecule has 1 unspecified atom stereocenters. The van der Waals surface area contributed by atoms with E-state index in [0.29, 0.717) is 44.8 Å². The van der Waals surface area contributed by atoms with Gasteiger partial charge >= 0.3 is 5.97 Å². The van der Waals surface area contributed by atoms with Crippen molar-refractivity contribution in [3.8, 4) is 11.3 Å². The van der Waals surface area contributed by atoms with Gasteiger partial charge in [-0.1, -0.05) is 17.7 Å². The summed E-state index contributed by atoms with van der Waals surface area (Å²) in [5.41, 5.74) is 9.68. The normalized spacial score (nSPS) is 12.3. The Labute approximate surface area is 231 Å². The van der Waals surface area contributed by atoms with E-state index in [1.807, 2.05) is 19.9 Å². The molecule has 39 heavy (non-hydrogen) atoms. The average Bonchev–Trinajstić information content (AvgIpc) is 2.86. The Morgan fingerprint density at radius 1 is 1.18 bits per heavy atom. The topological polar surface area (TPSA) is 131 Å². The molecule has 0 spiro atoms. The smallest absolute Gasteiger partial charge is 0.359 e. The number of halogens is 1. The number of hydrogen-bond acceptors (Lipinski definition) is 8. The van der Waals surface area contributed by atoms with Crippen molar-refractivity contribution in [2.24, 2.45) is 0 Å². The van der Waals surface area contributed by atoms with Crippen molar-refractivity contribution in [3.63, 3.8) is 0 Å². The lowest BCUT2D eigenvalue weighted by atomic mass is 9.98. The minimum absolute atomic E-state index is 0.0558. The van der Waals surface area contributed by atoms with Crippen LogP contribution < -0.4 is 16.5 Å². The second-order valence-electron chi connectivity index (χ2n) is 10.5. The van der Waals surface area contributed by atoms with Gasteiger partial charge in [0.15, 0.2) is 11.1 Å². The summed E-state index contributed by atoms with van der Waals surface area (Å²) in [7, 11) is 0. The molecule has 9 heteroatoms. The van der Waals surface area contributed by atoms with Crippen LogP contribution in [0.15, 0.2) is 51.7 Å². The summed E-state index contributed by atoms with van der Waals surface area (Å²) in [4.78, 5) is 30.6. The lowest BCUT2D eigenvalue weighted by Gasteiger charge is -2.22. The second kappa shape index (κ2) is 10.5. The molecule has 2 heterocycles. The number of esters is 1. The predicted octanol–water partition coefficient (Wildman–Crippen LogP) is 6.83. The number of aromatic nitrogens is 1. The molecule has 8 nitrogen and oxygen atoms in total. The number of nitrogens with zero attached hydrogens (tertiary/aromatic N) is 1. The zero-order valence-electron chi connectivity index (χ0n) is 22.7. The highest BCUT2D eigenvalue weighted by Gasteiger charge is 2.24. The number of nitrogen functional groups attached to an aromatic ring is 1. The van der Waals surface area contributed by atoms with Gasteiger partial charge in [0.25, 0.3) is 0 Å². The van der Waals surface area contributed by atoms with Crippen LogP contribution >= 0.6 is 11.6 Å². The number of hydrogen-bond donors (Lipinski definition) is 3. The quantitative estimate of drug-likeness (QED) is 0.104. The van der Waals surface area contributed by atoms with Gasteiger partial charge in [0.05, 0.1) is 17.1 Å². The minimum atomic E-state index is -0.714. The fourth-order valence-corrected chi connectivity index (χ4v) is 4.50. The first kappa shape index (κ1) is 27.9. The molecule has 0 saturated carbocycles. The number of nitrogens with one attached hydrogen (secondary N) is 2.